The molecule has 0 fully saturated rings. The van der Waals surface area contributed by atoms with E-state index in [0.717, 1.165) is 22.3 Å². The normalized spacial score (nSPS) is 11.4. The molecular weight excluding hydrogens is 323 g/mol. The molecule has 5 heteroatoms. The van der Waals surface area contributed by atoms with Crippen LogP contribution in [-0.4, -0.2) is 18.7 Å². The van der Waals surface area contributed by atoms with E-state index in [0.29, 0.717) is 12.2 Å². The van der Waals surface area contributed by atoms with Gasteiger partial charge in [0.15, 0.2) is 0 Å². The predicted octanol–water partition coefficient (Wildman–Crippen LogP) is 4.73. The summed E-state index contributed by atoms with van der Waals surface area (Å²) in [5.74, 6) is 0. The van der Waals surface area contributed by atoms with Crippen molar-refractivity contribution >= 4 is 13.6 Å². The summed E-state index contributed by atoms with van der Waals surface area (Å²) in [4.78, 5) is 12.3. The lowest BCUT2D eigenvalue weighted by atomic mass is 10.0. The molecule has 0 bridgehead atoms. The smallest absolute Gasteiger partial charge is 0.374 e. The number of aryl methyl sites for hydroxylation is 3. The molecule has 4 nitrogen and oxygen atoms in total. The van der Waals surface area contributed by atoms with Gasteiger partial charge in [0.2, 0.25) is 0 Å². The maximum absolute atomic E-state index is 12.3. The summed E-state index contributed by atoms with van der Waals surface area (Å²) < 4.78 is 22.7. The van der Waals surface area contributed by atoms with Gasteiger partial charge in [0.05, 0.1) is 18.8 Å². The molecular formula is C19H22O4P+. The first-order valence-electron chi connectivity index (χ1n) is 7.83. The van der Waals surface area contributed by atoms with Gasteiger partial charge in [-0.15, -0.1) is 4.52 Å². The predicted molar refractivity (Wildman–Crippen MR) is 94.6 cm³/mol. The topological polar surface area (TPSA) is 52.6 Å². The lowest BCUT2D eigenvalue weighted by Crippen LogP contribution is -2.05. The molecule has 0 aliphatic heterocycles. The van der Waals surface area contributed by atoms with Crippen molar-refractivity contribution in [2.45, 2.75) is 27.4 Å². The van der Waals surface area contributed by atoms with Crippen molar-refractivity contribution in [3.05, 3.63) is 70.3 Å². The molecule has 0 heterocycles. The molecule has 0 aromatic heterocycles. The lowest BCUT2D eigenvalue weighted by Gasteiger charge is -2.05. The largest absolute Gasteiger partial charge is 0.593 e. The molecule has 24 heavy (non-hydrogen) atoms. The van der Waals surface area contributed by atoms with Crippen LogP contribution in [0.3, 0.4) is 0 Å². The molecule has 0 saturated heterocycles. The van der Waals surface area contributed by atoms with Crippen LogP contribution in [0, 0.1) is 20.8 Å². The van der Waals surface area contributed by atoms with Gasteiger partial charge in [0.25, 0.3) is 0 Å². The molecule has 0 aliphatic carbocycles. The highest BCUT2D eigenvalue weighted by Crippen LogP contribution is 2.31. The quantitative estimate of drug-likeness (QED) is 0.513. The molecule has 1 atom stereocenters. The van der Waals surface area contributed by atoms with E-state index >= 15 is 0 Å². The molecule has 2 aromatic carbocycles. The summed E-state index contributed by atoms with van der Waals surface area (Å²) in [5.41, 5.74) is 3.82. The van der Waals surface area contributed by atoms with E-state index in [2.05, 4.69) is 0 Å². The summed E-state index contributed by atoms with van der Waals surface area (Å²) in [6, 6.07) is 13.6. The Kier molecular flexibility index (Phi) is 6.80. The van der Waals surface area contributed by atoms with Crippen molar-refractivity contribution in [2.24, 2.45) is 0 Å². The Bertz CT molecular complexity index is 702. The van der Waals surface area contributed by atoms with E-state index in [1.165, 1.54) is 0 Å². The fourth-order valence-corrected chi connectivity index (χ4v) is 3.50. The van der Waals surface area contributed by atoms with E-state index < -0.39 is 13.6 Å². The highest BCUT2D eigenvalue weighted by Gasteiger charge is 2.35. The van der Waals surface area contributed by atoms with Crippen LogP contribution in [0.2, 0.25) is 0 Å². The Balaban J connectivity index is 1.81. The molecule has 0 saturated carbocycles. The Labute approximate surface area is 143 Å². The number of carbonyl (C=O) groups excluding carboxylic acids is 1. The van der Waals surface area contributed by atoms with Gasteiger partial charge >= 0.3 is 13.6 Å². The minimum absolute atomic E-state index is 0.123. The van der Waals surface area contributed by atoms with E-state index in [4.69, 9.17) is 9.26 Å². The van der Waals surface area contributed by atoms with Crippen LogP contribution in [0.5, 0.6) is 0 Å². The molecule has 0 amide bonds. The summed E-state index contributed by atoms with van der Waals surface area (Å²) in [5, 5.41) is 0. The van der Waals surface area contributed by atoms with Crippen LogP contribution in [0.25, 0.3) is 0 Å². The molecule has 2 rings (SSSR count). The van der Waals surface area contributed by atoms with Gasteiger partial charge in [-0.05, 0) is 42.0 Å². The van der Waals surface area contributed by atoms with Gasteiger partial charge in [0, 0.05) is 0 Å². The van der Waals surface area contributed by atoms with Crippen LogP contribution in [0.4, 0.5) is 0 Å². The van der Waals surface area contributed by atoms with E-state index in [1.807, 2.05) is 63.2 Å². The standard InChI is InChI=1S/C19H22O4P/c1-14-11-15(2)18(16(3)12-14)19(20)24(21)23-10-9-22-13-17-7-5-4-6-8-17/h4-8,11-12H,9-10,13H2,1-3H3/q+1. The Morgan fingerprint density at radius 1 is 1.00 bits per heavy atom. The number of carbonyl (C=O) groups is 1. The van der Waals surface area contributed by atoms with Crippen molar-refractivity contribution in [3.63, 3.8) is 0 Å². The zero-order chi connectivity index (χ0) is 17.5. The summed E-state index contributed by atoms with van der Waals surface area (Å²) >= 11 is 0. The van der Waals surface area contributed by atoms with Crippen LogP contribution in [0.15, 0.2) is 42.5 Å². The third kappa shape index (κ3) is 5.07. The minimum Gasteiger partial charge on any atom is -0.374 e. The van der Waals surface area contributed by atoms with Gasteiger partial charge in [-0.2, -0.15) is 0 Å². The number of rotatable bonds is 8. The highest BCUT2D eigenvalue weighted by atomic mass is 31.1. The minimum atomic E-state index is -2.40. The van der Waals surface area contributed by atoms with Crippen molar-refractivity contribution in [1.29, 1.82) is 0 Å². The van der Waals surface area contributed by atoms with Gasteiger partial charge in [-0.1, -0.05) is 48.0 Å². The second-order valence-electron chi connectivity index (χ2n) is 5.71. The Morgan fingerprint density at radius 3 is 2.25 bits per heavy atom. The molecule has 0 aliphatic rings. The maximum atomic E-state index is 12.3. The van der Waals surface area contributed by atoms with E-state index in [9.17, 15) is 9.36 Å². The first kappa shape index (κ1) is 18.5. The number of benzene rings is 2. The summed E-state index contributed by atoms with van der Waals surface area (Å²) in [7, 11) is -2.40. The van der Waals surface area contributed by atoms with Crippen molar-refractivity contribution in [3.8, 4) is 0 Å². The number of hydrogen-bond donors (Lipinski definition) is 0. The van der Waals surface area contributed by atoms with Gasteiger partial charge in [-0.3, -0.25) is 0 Å². The highest BCUT2D eigenvalue weighted by molar-refractivity contribution is 7.60. The van der Waals surface area contributed by atoms with Crippen molar-refractivity contribution in [2.75, 3.05) is 13.2 Å². The van der Waals surface area contributed by atoms with Crippen molar-refractivity contribution in [1.82, 2.24) is 0 Å². The first-order valence-corrected chi connectivity index (χ1v) is 9.01. The molecule has 0 N–H and O–H groups in total. The summed E-state index contributed by atoms with van der Waals surface area (Å²) in [6.07, 6.45) is 0. The molecule has 126 valence electrons. The zero-order valence-corrected chi connectivity index (χ0v) is 15.1. The second kappa shape index (κ2) is 8.84. The molecule has 2 aromatic rings. The average Bonchev–Trinajstić information content (AvgIpc) is 2.54. The third-order valence-electron chi connectivity index (χ3n) is 3.60. The number of hydrogen-bond acceptors (Lipinski definition) is 4. The first-order chi connectivity index (χ1) is 11.5. The van der Waals surface area contributed by atoms with Gasteiger partial charge in [0.1, 0.15) is 6.61 Å². The van der Waals surface area contributed by atoms with Gasteiger partial charge in [-0.25, -0.2) is 4.79 Å². The molecule has 0 spiro atoms. The van der Waals surface area contributed by atoms with Crippen LogP contribution < -0.4 is 0 Å². The fourth-order valence-electron chi connectivity index (χ4n) is 2.61. The van der Waals surface area contributed by atoms with Crippen molar-refractivity contribution < 1.29 is 18.6 Å². The SMILES string of the molecule is Cc1cc(C)c(C(=O)[P+](=O)OCCOCc2ccccc2)c(C)c1. The Hall–Kier alpha value is -1.87. The van der Waals surface area contributed by atoms with E-state index in [-0.39, 0.29) is 13.2 Å². The summed E-state index contributed by atoms with van der Waals surface area (Å²) in [6.45, 7) is 6.53. The molecule has 0 radical (unpaired) electrons. The monoisotopic (exact) mass is 345 g/mol. The lowest BCUT2D eigenvalue weighted by molar-refractivity contribution is 0.0883. The average molecular weight is 345 g/mol. The van der Waals surface area contributed by atoms with Crippen LogP contribution in [-0.2, 0) is 20.4 Å². The maximum Gasteiger partial charge on any atom is 0.593 e. The zero-order valence-electron chi connectivity index (χ0n) is 14.2. The fraction of sp³-hybridized carbons (Fsp3) is 0.316. The third-order valence-corrected chi connectivity index (χ3v) is 4.58. The van der Waals surface area contributed by atoms with E-state index in [1.54, 1.807) is 0 Å². The van der Waals surface area contributed by atoms with Gasteiger partial charge < -0.3 is 4.74 Å². The van der Waals surface area contributed by atoms with Crippen LogP contribution >= 0.6 is 8.03 Å². The Morgan fingerprint density at radius 2 is 1.62 bits per heavy atom. The second-order valence-corrected chi connectivity index (χ2v) is 6.89. The number of ether oxygens (including phenoxy) is 1. The molecule has 1 unspecified atom stereocenters. The van der Waals surface area contributed by atoms with Crippen LogP contribution in [0.1, 0.15) is 32.6 Å².